The predicted molar refractivity (Wildman–Crippen MR) is 76.3 cm³/mol. The maximum Gasteiger partial charge on any atom is 0.362 e. The first-order chi connectivity index (χ1) is 9.82. The highest BCUT2D eigenvalue weighted by Gasteiger charge is 2.18. The highest BCUT2D eigenvalue weighted by molar-refractivity contribution is 6.20. The van der Waals surface area contributed by atoms with E-state index in [0.717, 1.165) is 14.8 Å². The SMILES string of the molecule is CC(Cl)c1ccc(-n2c(=O)c(C(=O)O)nn(C)c2=O)cc1. The minimum atomic E-state index is -1.49. The predicted octanol–water partition coefficient (Wildman–Crippen LogP) is 0.929. The third kappa shape index (κ3) is 2.73. The lowest BCUT2D eigenvalue weighted by molar-refractivity contribution is 0.0684. The summed E-state index contributed by atoms with van der Waals surface area (Å²) in [6, 6.07) is 6.39. The van der Waals surface area contributed by atoms with Crippen LogP contribution in [0, 0.1) is 0 Å². The zero-order valence-corrected chi connectivity index (χ0v) is 12.0. The number of benzene rings is 1. The van der Waals surface area contributed by atoms with Crippen molar-refractivity contribution in [1.29, 1.82) is 0 Å². The number of aromatic nitrogens is 3. The van der Waals surface area contributed by atoms with E-state index in [0.29, 0.717) is 0 Å². The van der Waals surface area contributed by atoms with E-state index in [1.807, 2.05) is 0 Å². The van der Waals surface area contributed by atoms with Crippen LogP contribution >= 0.6 is 11.6 Å². The van der Waals surface area contributed by atoms with Crippen molar-refractivity contribution in [2.45, 2.75) is 12.3 Å². The molecule has 1 unspecified atom stereocenters. The standard InChI is InChI=1S/C13H12ClN3O4/c1-7(14)8-3-5-9(6-4-8)17-11(18)10(12(19)20)15-16(2)13(17)21/h3-7H,1-2H3,(H,19,20). The molecule has 0 aliphatic carbocycles. The highest BCUT2D eigenvalue weighted by atomic mass is 35.5. The summed E-state index contributed by atoms with van der Waals surface area (Å²) in [6.45, 7) is 1.79. The average molecular weight is 310 g/mol. The van der Waals surface area contributed by atoms with Gasteiger partial charge in [-0.05, 0) is 24.6 Å². The third-order valence-electron chi connectivity index (χ3n) is 2.94. The number of aromatic carboxylic acids is 1. The topological polar surface area (TPSA) is 94.2 Å². The minimum Gasteiger partial charge on any atom is -0.476 e. The number of alkyl halides is 1. The van der Waals surface area contributed by atoms with Gasteiger partial charge in [-0.15, -0.1) is 11.6 Å². The fourth-order valence-corrected chi connectivity index (χ4v) is 1.97. The number of nitrogens with zero attached hydrogens (tertiary/aromatic N) is 3. The van der Waals surface area contributed by atoms with Crippen LogP contribution in [0.4, 0.5) is 0 Å². The zero-order chi connectivity index (χ0) is 15.7. The fourth-order valence-electron chi connectivity index (χ4n) is 1.82. The van der Waals surface area contributed by atoms with Crippen LogP contribution in [-0.4, -0.2) is 25.4 Å². The van der Waals surface area contributed by atoms with Crippen LogP contribution in [0.5, 0.6) is 0 Å². The number of carboxylic acids is 1. The molecular weight excluding hydrogens is 298 g/mol. The number of carboxylic acid groups (broad SMARTS) is 1. The molecule has 1 aromatic carbocycles. The molecule has 0 spiro atoms. The molecule has 7 nitrogen and oxygen atoms in total. The fraction of sp³-hybridized carbons (Fsp3) is 0.231. The van der Waals surface area contributed by atoms with Crippen molar-refractivity contribution >= 4 is 17.6 Å². The van der Waals surface area contributed by atoms with Gasteiger partial charge in [0, 0.05) is 7.05 Å². The van der Waals surface area contributed by atoms with Gasteiger partial charge in [-0.1, -0.05) is 12.1 Å². The monoisotopic (exact) mass is 309 g/mol. The Morgan fingerprint density at radius 1 is 1.29 bits per heavy atom. The molecule has 1 atom stereocenters. The summed E-state index contributed by atoms with van der Waals surface area (Å²) >= 11 is 5.93. The molecule has 0 radical (unpaired) electrons. The molecule has 0 aliphatic heterocycles. The molecule has 2 aromatic rings. The summed E-state index contributed by atoms with van der Waals surface area (Å²) in [6.07, 6.45) is 0. The van der Waals surface area contributed by atoms with Gasteiger partial charge < -0.3 is 5.11 Å². The van der Waals surface area contributed by atoms with Crippen LogP contribution in [-0.2, 0) is 7.05 Å². The Labute approximate surface area is 124 Å². The molecule has 0 amide bonds. The lowest BCUT2D eigenvalue weighted by Crippen LogP contribution is -2.42. The Balaban J connectivity index is 2.71. The molecule has 1 N–H and O–H groups in total. The first-order valence-corrected chi connectivity index (χ1v) is 6.44. The Kier molecular flexibility index (Phi) is 3.95. The van der Waals surface area contributed by atoms with Crippen LogP contribution in [0.25, 0.3) is 5.69 Å². The van der Waals surface area contributed by atoms with Crippen LogP contribution in [0.2, 0.25) is 0 Å². The normalized spacial score (nSPS) is 12.1. The van der Waals surface area contributed by atoms with Gasteiger partial charge in [0.05, 0.1) is 11.1 Å². The summed E-state index contributed by atoms with van der Waals surface area (Å²) < 4.78 is 1.57. The molecule has 0 saturated carbocycles. The summed E-state index contributed by atoms with van der Waals surface area (Å²) in [5, 5.41) is 12.2. The number of hydrogen-bond acceptors (Lipinski definition) is 4. The summed E-state index contributed by atoms with van der Waals surface area (Å²) in [7, 11) is 1.28. The van der Waals surface area contributed by atoms with Crippen molar-refractivity contribution in [1.82, 2.24) is 14.3 Å². The molecule has 2 rings (SSSR count). The first-order valence-electron chi connectivity index (χ1n) is 6.01. The van der Waals surface area contributed by atoms with Gasteiger partial charge in [-0.3, -0.25) is 4.79 Å². The maximum atomic E-state index is 12.1. The quantitative estimate of drug-likeness (QED) is 0.851. The van der Waals surface area contributed by atoms with Crippen LogP contribution < -0.4 is 11.2 Å². The van der Waals surface area contributed by atoms with E-state index in [1.54, 1.807) is 19.1 Å². The van der Waals surface area contributed by atoms with Gasteiger partial charge >= 0.3 is 11.7 Å². The number of halogens is 1. The van der Waals surface area contributed by atoms with Gasteiger partial charge in [0.2, 0.25) is 5.69 Å². The third-order valence-corrected chi connectivity index (χ3v) is 3.19. The van der Waals surface area contributed by atoms with Crippen molar-refractivity contribution < 1.29 is 9.90 Å². The molecule has 0 fully saturated rings. The molecule has 1 aromatic heterocycles. The van der Waals surface area contributed by atoms with E-state index in [-0.39, 0.29) is 11.1 Å². The number of carbonyl (C=O) groups is 1. The summed E-state index contributed by atoms with van der Waals surface area (Å²) in [4.78, 5) is 35.1. The molecule has 110 valence electrons. The second-order valence-electron chi connectivity index (χ2n) is 4.41. The lowest BCUT2D eigenvalue weighted by Gasteiger charge is -2.09. The van der Waals surface area contributed by atoms with E-state index >= 15 is 0 Å². The second kappa shape index (κ2) is 5.53. The van der Waals surface area contributed by atoms with Crippen molar-refractivity contribution in [3.63, 3.8) is 0 Å². The molecule has 1 heterocycles. The Morgan fingerprint density at radius 2 is 1.86 bits per heavy atom. The Morgan fingerprint density at radius 3 is 2.33 bits per heavy atom. The molecule has 8 heteroatoms. The highest BCUT2D eigenvalue weighted by Crippen LogP contribution is 2.19. The molecular formula is C13H12ClN3O4. The van der Waals surface area contributed by atoms with Crippen molar-refractivity contribution in [3.8, 4) is 5.69 Å². The number of aryl methyl sites for hydroxylation is 1. The molecule has 21 heavy (non-hydrogen) atoms. The molecule has 0 saturated heterocycles. The smallest absolute Gasteiger partial charge is 0.362 e. The number of hydrogen-bond donors (Lipinski definition) is 1. The van der Waals surface area contributed by atoms with Crippen molar-refractivity contribution in [2.24, 2.45) is 7.05 Å². The van der Waals surface area contributed by atoms with Gasteiger partial charge in [0.15, 0.2) is 0 Å². The molecule has 0 aliphatic rings. The van der Waals surface area contributed by atoms with Crippen LogP contribution in [0.15, 0.2) is 33.9 Å². The van der Waals surface area contributed by atoms with Gasteiger partial charge in [0.1, 0.15) is 0 Å². The Hall–Kier alpha value is -2.41. The van der Waals surface area contributed by atoms with Gasteiger partial charge in [-0.2, -0.15) is 5.10 Å². The minimum absolute atomic E-state index is 0.217. The van der Waals surface area contributed by atoms with Crippen LogP contribution in [0.3, 0.4) is 0 Å². The maximum absolute atomic E-state index is 12.1. The van der Waals surface area contributed by atoms with Gasteiger partial charge in [0.25, 0.3) is 5.56 Å². The second-order valence-corrected chi connectivity index (χ2v) is 5.06. The zero-order valence-electron chi connectivity index (χ0n) is 11.3. The lowest BCUT2D eigenvalue weighted by atomic mass is 10.1. The van der Waals surface area contributed by atoms with Crippen molar-refractivity contribution in [3.05, 3.63) is 56.4 Å². The molecule has 0 bridgehead atoms. The first kappa shape index (κ1) is 15.0. The summed E-state index contributed by atoms with van der Waals surface area (Å²) in [5.74, 6) is -1.49. The summed E-state index contributed by atoms with van der Waals surface area (Å²) in [5.41, 5.74) is -1.34. The van der Waals surface area contributed by atoms with Gasteiger partial charge in [-0.25, -0.2) is 18.8 Å². The van der Waals surface area contributed by atoms with Crippen LogP contribution in [0.1, 0.15) is 28.4 Å². The van der Waals surface area contributed by atoms with E-state index in [2.05, 4.69) is 5.10 Å². The average Bonchev–Trinajstić information content (AvgIpc) is 2.43. The van der Waals surface area contributed by atoms with E-state index in [4.69, 9.17) is 16.7 Å². The number of rotatable bonds is 3. The van der Waals surface area contributed by atoms with E-state index < -0.39 is 22.9 Å². The van der Waals surface area contributed by atoms with Crippen molar-refractivity contribution in [2.75, 3.05) is 0 Å². The Bertz CT molecular complexity index is 806. The van der Waals surface area contributed by atoms with E-state index in [9.17, 15) is 14.4 Å². The largest absolute Gasteiger partial charge is 0.476 e. The van der Waals surface area contributed by atoms with E-state index in [1.165, 1.54) is 19.2 Å².